The van der Waals surface area contributed by atoms with Gasteiger partial charge in [0.15, 0.2) is 5.84 Å². The lowest BCUT2D eigenvalue weighted by Gasteiger charge is -2.10. The Balaban J connectivity index is 2.68. The molecule has 2 aromatic rings. The van der Waals surface area contributed by atoms with Crippen LogP contribution in [0.4, 0.5) is 0 Å². The van der Waals surface area contributed by atoms with Crippen molar-refractivity contribution >= 4 is 21.8 Å². The van der Waals surface area contributed by atoms with Crippen LogP contribution in [-0.4, -0.2) is 20.8 Å². The van der Waals surface area contributed by atoms with Crippen LogP contribution < -0.4 is 5.73 Å². The third-order valence-electron chi connectivity index (χ3n) is 2.58. The number of nitrogens with zero attached hydrogens (tertiary/aromatic N) is 3. The number of amidine groups is 1. The van der Waals surface area contributed by atoms with E-state index in [4.69, 9.17) is 10.9 Å². The molecular weight excluding hydrogens is 296 g/mol. The van der Waals surface area contributed by atoms with Gasteiger partial charge in [-0.05, 0) is 38.1 Å². The summed E-state index contributed by atoms with van der Waals surface area (Å²) in [5, 5.41) is 16.3. The monoisotopic (exact) mass is 308 g/mol. The van der Waals surface area contributed by atoms with Crippen LogP contribution in [0.25, 0.3) is 5.69 Å². The minimum absolute atomic E-state index is 0.0545. The summed E-state index contributed by atoms with van der Waals surface area (Å²) < 4.78 is 2.63. The Kier molecular flexibility index (Phi) is 3.38. The summed E-state index contributed by atoms with van der Waals surface area (Å²) in [6.07, 6.45) is 0. The molecule has 2 rings (SSSR count). The summed E-state index contributed by atoms with van der Waals surface area (Å²) in [5.74, 6) is 0.0545. The normalized spacial score (nSPS) is 11.8. The van der Waals surface area contributed by atoms with Crippen molar-refractivity contribution in [3.8, 4) is 5.69 Å². The molecule has 1 aromatic carbocycles. The van der Waals surface area contributed by atoms with Gasteiger partial charge in [-0.2, -0.15) is 5.10 Å². The topological polar surface area (TPSA) is 76.4 Å². The van der Waals surface area contributed by atoms with Crippen molar-refractivity contribution in [3.05, 3.63) is 45.7 Å². The minimum Gasteiger partial charge on any atom is -0.409 e. The number of oxime groups is 1. The van der Waals surface area contributed by atoms with E-state index in [0.29, 0.717) is 5.56 Å². The largest absolute Gasteiger partial charge is 0.409 e. The molecule has 0 aliphatic rings. The fourth-order valence-corrected chi connectivity index (χ4v) is 2.19. The fraction of sp³-hybridized carbons (Fsp3) is 0.167. The van der Waals surface area contributed by atoms with Gasteiger partial charge >= 0.3 is 0 Å². The van der Waals surface area contributed by atoms with Gasteiger partial charge in [0.25, 0.3) is 0 Å². The van der Waals surface area contributed by atoms with Crippen molar-refractivity contribution in [2.75, 3.05) is 0 Å². The van der Waals surface area contributed by atoms with E-state index in [-0.39, 0.29) is 5.84 Å². The first-order chi connectivity index (χ1) is 8.52. The highest BCUT2D eigenvalue weighted by Gasteiger charge is 2.12. The third-order valence-corrected chi connectivity index (χ3v) is 3.07. The second kappa shape index (κ2) is 4.81. The zero-order valence-electron chi connectivity index (χ0n) is 10.1. The lowest BCUT2D eigenvalue weighted by atomic mass is 10.1. The third kappa shape index (κ3) is 2.24. The van der Waals surface area contributed by atoms with Crippen LogP contribution in [0.2, 0.25) is 0 Å². The molecule has 0 atom stereocenters. The van der Waals surface area contributed by atoms with E-state index in [1.807, 2.05) is 32.0 Å². The molecule has 0 radical (unpaired) electrons. The summed E-state index contributed by atoms with van der Waals surface area (Å²) >= 11 is 3.37. The maximum atomic E-state index is 8.84. The van der Waals surface area contributed by atoms with Crippen LogP contribution in [0.3, 0.4) is 0 Å². The molecule has 94 valence electrons. The SMILES string of the molecule is Cc1cc(C)n(-c2ccc(Br)cc2/C(N)=N/O)n1. The first-order valence-electron chi connectivity index (χ1n) is 5.34. The predicted octanol–water partition coefficient (Wildman–Crippen LogP) is 2.35. The summed E-state index contributed by atoms with van der Waals surface area (Å²) in [6, 6.07) is 7.52. The number of halogens is 1. The maximum absolute atomic E-state index is 8.84. The molecule has 0 unspecified atom stereocenters. The van der Waals surface area contributed by atoms with Gasteiger partial charge in [0.2, 0.25) is 0 Å². The molecule has 3 N–H and O–H groups in total. The molecule has 0 saturated carbocycles. The van der Waals surface area contributed by atoms with Gasteiger partial charge in [0, 0.05) is 15.7 Å². The number of aromatic nitrogens is 2. The number of hydrogen-bond donors (Lipinski definition) is 2. The van der Waals surface area contributed by atoms with E-state index >= 15 is 0 Å². The first-order valence-corrected chi connectivity index (χ1v) is 6.13. The van der Waals surface area contributed by atoms with Crippen molar-refractivity contribution in [3.63, 3.8) is 0 Å². The maximum Gasteiger partial charge on any atom is 0.172 e. The lowest BCUT2D eigenvalue weighted by Crippen LogP contribution is -2.17. The number of hydrogen-bond acceptors (Lipinski definition) is 3. The summed E-state index contributed by atoms with van der Waals surface area (Å²) in [6.45, 7) is 3.88. The number of benzene rings is 1. The molecule has 0 saturated heterocycles. The molecule has 0 fully saturated rings. The molecule has 1 heterocycles. The Labute approximate surface area is 113 Å². The molecular formula is C12H13BrN4O. The van der Waals surface area contributed by atoms with Crippen molar-refractivity contribution in [2.24, 2.45) is 10.9 Å². The number of aryl methyl sites for hydroxylation is 2. The van der Waals surface area contributed by atoms with Crippen LogP contribution >= 0.6 is 15.9 Å². The Bertz CT molecular complexity index is 619. The zero-order valence-corrected chi connectivity index (χ0v) is 11.6. The van der Waals surface area contributed by atoms with E-state index in [0.717, 1.165) is 21.5 Å². The average molecular weight is 309 g/mol. The Morgan fingerprint density at radius 2 is 2.11 bits per heavy atom. The quantitative estimate of drug-likeness (QED) is 0.387. The van der Waals surface area contributed by atoms with E-state index in [9.17, 15) is 0 Å². The highest BCUT2D eigenvalue weighted by Crippen LogP contribution is 2.21. The molecule has 0 aliphatic heterocycles. The van der Waals surface area contributed by atoms with Crippen LogP contribution in [0.5, 0.6) is 0 Å². The highest BCUT2D eigenvalue weighted by molar-refractivity contribution is 9.10. The van der Waals surface area contributed by atoms with Gasteiger partial charge in [0.1, 0.15) is 0 Å². The smallest absolute Gasteiger partial charge is 0.172 e. The minimum atomic E-state index is 0.0545. The molecule has 6 heteroatoms. The summed E-state index contributed by atoms with van der Waals surface area (Å²) in [7, 11) is 0. The predicted molar refractivity (Wildman–Crippen MR) is 73.2 cm³/mol. The molecule has 1 aromatic heterocycles. The zero-order chi connectivity index (χ0) is 13.3. The Hall–Kier alpha value is -1.82. The Morgan fingerprint density at radius 3 is 2.67 bits per heavy atom. The standard InChI is InChI=1S/C12H13BrN4O/c1-7-5-8(2)17(15-7)11-4-3-9(13)6-10(11)12(14)16-18/h3-6,18H,1-2H3,(H2,14,16). The number of nitrogens with two attached hydrogens (primary N) is 1. The molecule has 18 heavy (non-hydrogen) atoms. The van der Waals surface area contributed by atoms with Crippen LogP contribution in [0.15, 0.2) is 33.9 Å². The lowest BCUT2D eigenvalue weighted by molar-refractivity contribution is 0.318. The molecule has 0 amide bonds. The van der Waals surface area contributed by atoms with Crippen molar-refractivity contribution < 1.29 is 5.21 Å². The molecule has 0 spiro atoms. The van der Waals surface area contributed by atoms with Crippen molar-refractivity contribution in [1.29, 1.82) is 0 Å². The van der Waals surface area contributed by atoms with E-state index < -0.39 is 0 Å². The van der Waals surface area contributed by atoms with Crippen LogP contribution in [0, 0.1) is 13.8 Å². The van der Waals surface area contributed by atoms with Gasteiger partial charge in [0.05, 0.1) is 11.4 Å². The average Bonchev–Trinajstić information content (AvgIpc) is 2.67. The summed E-state index contributed by atoms with van der Waals surface area (Å²) in [4.78, 5) is 0. The second-order valence-corrected chi connectivity index (χ2v) is 4.90. The van der Waals surface area contributed by atoms with E-state index in [1.165, 1.54) is 0 Å². The molecule has 5 nitrogen and oxygen atoms in total. The highest BCUT2D eigenvalue weighted by atomic mass is 79.9. The fourth-order valence-electron chi connectivity index (χ4n) is 1.82. The van der Waals surface area contributed by atoms with Gasteiger partial charge < -0.3 is 10.9 Å². The first kappa shape index (κ1) is 12.6. The van der Waals surface area contributed by atoms with Crippen LogP contribution in [0.1, 0.15) is 17.0 Å². The van der Waals surface area contributed by atoms with Gasteiger partial charge in [-0.15, -0.1) is 0 Å². The molecule has 0 aliphatic carbocycles. The van der Waals surface area contributed by atoms with Crippen molar-refractivity contribution in [1.82, 2.24) is 9.78 Å². The van der Waals surface area contributed by atoms with Crippen LogP contribution in [-0.2, 0) is 0 Å². The van der Waals surface area contributed by atoms with Gasteiger partial charge in [-0.3, -0.25) is 0 Å². The van der Waals surface area contributed by atoms with E-state index in [1.54, 1.807) is 10.7 Å². The molecule has 0 bridgehead atoms. The second-order valence-electron chi connectivity index (χ2n) is 3.99. The van der Waals surface area contributed by atoms with Gasteiger partial charge in [-0.25, -0.2) is 4.68 Å². The Morgan fingerprint density at radius 1 is 1.39 bits per heavy atom. The number of rotatable bonds is 2. The van der Waals surface area contributed by atoms with Gasteiger partial charge in [-0.1, -0.05) is 21.1 Å². The summed E-state index contributed by atoms with van der Waals surface area (Å²) in [5.41, 5.74) is 9.00. The van der Waals surface area contributed by atoms with E-state index in [2.05, 4.69) is 26.2 Å². The van der Waals surface area contributed by atoms with Crippen molar-refractivity contribution in [2.45, 2.75) is 13.8 Å².